The lowest BCUT2D eigenvalue weighted by Gasteiger charge is -2.17. The lowest BCUT2D eigenvalue weighted by atomic mass is 10.2. The normalized spacial score (nSPS) is 15.9. The van der Waals surface area contributed by atoms with Crippen LogP contribution in [0.2, 0.25) is 0 Å². The minimum absolute atomic E-state index is 0.229. The minimum Gasteiger partial charge on any atom is -0.591 e. The SMILES string of the molecule is CC(C)CC=N[S@@+]([O-])C(C)(C)C. The molecule has 0 radical (unpaired) electrons. The Bertz CT molecular complexity index is 149. The molecule has 0 aliphatic carbocycles. The van der Waals surface area contributed by atoms with E-state index in [9.17, 15) is 4.55 Å². The van der Waals surface area contributed by atoms with Crippen molar-refractivity contribution in [2.75, 3.05) is 0 Å². The van der Waals surface area contributed by atoms with E-state index in [1.807, 2.05) is 20.8 Å². The van der Waals surface area contributed by atoms with E-state index in [0.717, 1.165) is 6.42 Å². The van der Waals surface area contributed by atoms with Crippen LogP contribution in [0.1, 0.15) is 41.0 Å². The van der Waals surface area contributed by atoms with Gasteiger partial charge in [0.1, 0.15) is 16.1 Å². The summed E-state index contributed by atoms with van der Waals surface area (Å²) in [5.74, 6) is 0.589. The van der Waals surface area contributed by atoms with Gasteiger partial charge < -0.3 is 4.55 Å². The Balaban J connectivity index is 3.84. The van der Waals surface area contributed by atoms with Crippen molar-refractivity contribution in [1.29, 1.82) is 0 Å². The Hall–Kier alpha value is -0.0200. The highest BCUT2D eigenvalue weighted by atomic mass is 32.2. The standard InChI is InChI=1S/C9H19NOS/c1-8(2)6-7-10-12(11)9(3,4)5/h7-8H,6H2,1-5H3/t12-/m0/s1. The van der Waals surface area contributed by atoms with Gasteiger partial charge in [0.25, 0.3) is 0 Å². The largest absolute Gasteiger partial charge is 0.591 e. The first-order valence-corrected chi connectivity index (χ1v) is 5.39. The highest BCUT2D eigenvalue weighted by Gasteiger charge is 2.25. The molecule has 0 fully saturated rings. The van der Waals surface area contributed by atoms with E-state index in [0.29, 0.717) is 5.92 Å². The second-order valence-corrected chi connectivity index (χ2v) is 6.21. The topological polar surface area (TPSA) is 35.4 Å². The van der Waals surface area contributed by atoms with Gasteiger partial charge in [0.2, 0.25) is 0 Å². The molecule has 3 heteroatoms. The molecular formula is C9H19NOS. The molecule has 0 saturated carbocycles. The summed E-state index contributed by atoms with van der Waals surface area (Å²) in [6.45, 7) is 10.0. The van der Waals surface area contributed by atoms with Gasteiger partial charge in [-0.1, -0.05) is 18.2 Å². The molecule has 0 bridgehead atoms. The molecule has 0 saturated heterocycles. The smallest absolute Gasteiger partial charge is 0.144 e. The monoisotopic (exact) mass is 189 g/mol. The fraction of sp³-hybridized carbons (Fsp3) is 0.889. The number of hydrogen-bond acceptors (Lipinski definition) is 2. The molecular weight excluding hydrogens is 170 g/mol. The Kier molecular flexibility index (Phi) is 4.87. The van der Waals surface area contributed by atoms with E-state index < -0.39 is 11.4 Å². The second-order valence-electron chi connectivity index (χ2n) is 4.28. The maximum Gasteiger partial charge on any atom is 0.144 e. The maximum absolute atomic E-state index is 11.4. The van der Waals surface area contributed by atoms with Crippen molar-refractivity contribution < 1.29 is 4.55 Å². The van der Waals surface area contributed by atoms with Gasteiger partial charge in [-0.3, -0.25) is 0 Å². The van der Waals surface area contributed by atoms with Crippen molar-refractivity contribution in [1.82, 2.24) is 0 Å². The Labute approximate surface area is 78.8 Å². The van der Waals surface area contributed by atoms with E-state index in [-0.39, 0.29) is 4.75 Å². The van der Waals surface area contributed by atoms with Crippen LogP contribution in [0.3, 0.4) is 0 Å². The summed E-state index contributed by atoms with van der Waals surface area (Å²) in [5.41, 5.74) is 0. The summed E-state index contributed by atoms with van der Waals surface area (Å²) in [6.07, 6.45) is 2.67. The van der Waals surface area contributed by atoms with Crippen molar-refractivity contribution in [3.63, 3.8) is 0 Å². The second kappa shape index (κ2) is 4.87. The average Bonchev–Trinajstić information content (AvgIpc) is 1.84. The van der Waals surface area contributed by atoms with Crippen molar-refractivity contribution in [2.24, 2.45) is 10.3 Å². The van der Waals surface area contributed by atoms with Crippen molar-refractivity contribution in [3.8, 4) is 0 Å². The summed E-state index contributed by atoms with van der Waals surface area (Å²) < 4.78 is 15.1. The molecule has 0 aliphatic heterocycles. The summed E-state index contributed by atoms with van der Waals surface area (Å²) in [5, 5.41) is 0. The highest BCUT2D eigenvalue weighted by molar-refractivity contribution is 7.91. The first-order chi connectivity index (χ1) is 5.34. The molecule has 0 aromatic carbocycles. The molecule has 1 atom stereocenters. The van der Waals surface area contributed by atoms with Crippen LogP contribution in [0.5, 0.6) is 0 Å². The number of rotatable bonds is 3. The fourth-order valence-electron chi connectivity index (χ4n) is 0.480. The molecule has 0 aromatic rings. The third-order valence-corrected chi connectivity index (χ3v) is 2.66. The van der Waals surface area contributed by atoms with Crippen LogP contribution in [0.25, 0.3) is 0 Å². The van der Waals surface area contributed by atoms with Gasteiger partial charge in [-0.2, -0.15) is 0 Å². The van der Waals surface area contributed by atoms with E-state index >= 15 is 0 Å². The number of nitrogens with zero attached hydrogens (tertiary/aromatic N) is 1. The zero-order chi connectivity index (χ0) is 9.78. The molecule has 12 heavy (non-hydrogen) atoms. The Morgan fingerprint density at radius 2 is 1.92 bits per heavy atom. The van der Waals surface area contributed by atoms with E-state index in [2.05, 4.69) is 18.2 Å². The van der Waals surface area contributed by atoms with Crippen LogP contribution in [0, 0.1) is 5.92 Å². The zero-order valence-corrected chi connectivity index (χ0v) is 9.44. The highest BCUT2D eigenvalue weighted by Crippen LogP contribution is 2.16. The van der Waals surface area contributed by atoms with Gasteiger partial charge >= 0.3 is 0 Å². The van der Waals surface area contributed by atoms with Gasteiger partial charge in [0.15, 0.2) is 0 Å². The van der Waals surface area contributed by atoms with Crippen LogP contribution in [0.4, 0.5) is 0 Å². The van der Waals surface area contributed by atoms with Crippen LogP contribution in [-0.2, 0) is 11.4 Å². The number of hydrogen-bond donors (Lipinski definition) is 0. The summed E-state index contributed by atoms with van der Waals surface area (Å²) in [6, 6.07) is 0. The van der Waals surface area contributed by atoms with E-state index in [4.69, 9.17) is 0 Å². The van der Waals surface area contributed by atoms with Gasteiger partial charge in [0.05, 0.1) is 6.21 Å². The first kappa shape index (κ1) is 12.0. The molecule has 0 unspecified atom stereocenters. The molecule has 0 spiro atoms. The van der Waals surface area contributed by atoms with Crippen molar-refractivity contribution >= 4 is 17.6 Å². The van der Waals surface area contributed by atoms with Crippen LogP contribution in [-0.4, -0.2) is 15.5 Å². The molecule has 0 amide bonds. The first-order valence-electron chi connectivity index (χ1n) is 4.28. The van der Waals surface area contributed by atoms with Crippen molar-refractivity contribution in [3.05, 3.63) is 0 Å². The molecule has 0 aromatic heterocycles. The molecule has 0 rings (SSSR count). The molecule has 0 N–H and O–H groups in total. The zero-order valence-electron chi connectivity index (χ0n) is 8.63. The summed E-state index contributed by atoms with van der Waals surface area (Å²) in [4.78, 5) is 0. The van der Waals surface area contributed by atoms with Crippen LogP contribution < -0.4 is 0 Å². The predicted molar refractivity (Wildman–Crippen MR) is 55.8 cm³/mol. The van der Waals surface area contributed by atoms with Gasteiger partial charge in [-0.25, -0.2) is 0 Å². The van der Waals surface area contributed by atoms with Gasteiger partial charge in [-0.05, 0) is 33.1 Å². The van der Waals surface area contributed by atoms with Crippen LogP contribution in [0.15, 0.2) is 4.40 Å². The molecule has 0 aliphatic rings. The van der Waals surface area contributed by atoms with E-state index in [1.165, 1.54) is 0 Å². The molecule has 2 nitrogen and oxygen atoms in total. The lowest BCUT2D eigenvalue weighted by Crippen LogP contribution is -2.25. The predicted octanol–water partition coefficient (Wildman–Crippen LogP) is 2.57. The fourth-order valence-corrected chi connectivity index (χ4v) is 1.02. The lowest BCUT2D eigenvalue weighted by molar-refractivity contribution is 0.561. The van der Waals surface area contributed by atoms with E-state index in [1.54, 1.807) is 6.21 Å². The van der Waals surface area contributed by atoms with Gasteiger partial charge in [-0.15, -0.1) is 0 Å². The summed E-state index contributed by atoms with van der Waals surface area (Å²) >= 11 is -1.08. The minimum atomic E-state index is -1.08. The third kappa shape index (κ3) is 5.61. The van der Waals surface area contributed by atoms with Crippen LogP contribution >= 0.6 is 0 Å². The Morgan fingerprint density at radius 1 is 1.42 bits per heavy atom. The molecule has 72 valence electrons. The maximum atomic E-state index is 11.4. The quantitative estimate of drug-likeness (QED) is 0.496. The third-order valence-electron chi connectivity index (χ3n) is 1.27. The summed E-state index contributed by atoms with van der Waals surface area (Å²) in [7, 11) is 0. The molecule has 0 heterocycles. The van der Waals surface area contributed by atoms with Crippen molar-refractivity contribution in [2.45, 2.75) is 45.8 Å². The van der Waals surface area contributed by atoms with Gasteiger partial charge in [0, 0.05) is 0 Å². The average molecular weight is 189 g/mol. The Morgan fingerprint density at radius 3 is 2.25 bits per heavy atom.